The molecule has 0 amide bonds. The highest BCUT2D eigenvalue weighted by molar-refractivity contribution is 9.27. The van der Waals surface area contributed by atoms with Gasteiger partial charge in [-0.15, -0.1) is 0 Å². The van der Waals surface area contributed by atoms with E-state index < -0.39 is 8.80 Å². The van der Waals surface area contributed by atoms with Crippen molar-refractivity contribution in [2.45, 2.75) is 33.2 Å². The zero-order valence-electron chi connectivity index (χ0n) is 14.0. The summed E-state index contributed by atoms with van der Waals surface area (Å²) in [5.41, 5.74) is 0. The van der Waals surface area contributed by atoms with E-state index in [1.165, 1.54) is 0 Å². The van der Waals surface area contributed by atoms with Crippen LogP contribution in [0.4, 0.5) is 0 Å². The van der Waals surface area contributed by atoms with Gasteiger partial charge in [-0.3, -0.25) is 0 Å². The first kappa shape index (κ1) is 23.4. The highest BCUT2D eigenvalue weighted by Gasteiger charge is 2.39. The van der Waals surface area contributed by atoms with Gasteiger partial charge >= 0.3 is 8.80 Å². The van der Waals surface area contributed by atoms with E-state index in [9.17, 15) is 0 Å². The van der Waals surface area contributed by atoms with E-state index in [2.05, 4.69) is 0 Å². The lowest BCUT2D eigenvalue weighted by molar-refractivity contribution is 0.0712. The first-order valence-corrected chi connectivity index (χ1v) is 14.6. The van der Waals surface area contributed by atoms with E-state index in [0.29, 0.717) is 19.8 Å². The summed E-state index contributed by atoms with van der Waals surface area (Å²) in [5.74, 6) is 1.05. The minimum atomic E-state index is -2.46. The van der Waals surface area contributed by atoms with Crippen LogP contribution < -0.4 is 0 Å². The Morgan fingerprint density at radius 2 is 1.55 bits per heavy atom. The number of rotatable bonds is 13. The molecule has 0 aromatic rings. The monoisotopic (exact) mass is 421 g/mol. The molecular weight excluding hydrogens is 395 g/mol. The van der Waals surface area contributed by atoms with Crippen molar-refractivity contribution in [1.82, 2.24) is 4.90 Å². The molecule has 0 N–H and O–H groups in total. The maximum Gasteiger partial charge on any atom is 0.500 e. The third-order valence-electron chi connectivity index (χ3n) is 2.35. The quantitative estimate of drug-likeness (QED) is 0.177. The van der Waals surface area contributed by atoms with Crippen LogP contribution in [0.25, 0.3) is 0 Å². The van der Waals surface area contributed by atoms with Gasteiger partial charge in [-0.2, -0.15) is 0 Å². The zero-order valence-corrected chi connectivity index (χ0v) is 19.0. The predicted octanol–water partition coefficient (Wildman–Crippen LogP) is 4.95. The fraction of sp³-hybridized carbons (Fsp3) is 0.917. The van der Waals surface area contributed by atoms with Crippen molar-refractivity contribution in [3.8, 4) is 0 Å². The van der Waals surface area contributed by atoms with E-state index in [1.54, 1.807) is 30.4 Å². The Hall–Kier alpha value is 1.39. The highest BCUT2D eigenvalue weighted by Crippen LogP contribution is 2.44. The Balaban J connectivity index is 3.90. The van der Waals surface area contributed by atoms with Gasteiger partial charge in [-0.1, -0.05) is 23.0 Å². The van der Waals surface area contributed by atoms with Gasteiger partial charge in [0.15, 0.2) is 0 Å². The van der Waals surface area contributed by atoms with Gasteiger partial charge in [0, 0.05) is 45.7 Å². The molecule has 0 unspecified atom stereocenters. The Labute approximate surface area is 157 Å². The van der Waals surface area contributed by atoms with Crippen LogP contribution in [0, 0.1) is 0 Å². The molecule has 4 nitrogen and oxygen atoms in total. The zero-order chi connectivity index (χ0) is 16.8. The standard InChI is InChI=1S/C12H27NO3S5Si/c1-6-14-22(15-7-2,16-8-3)11-9-10-18-20-21-19-12(17)13(4)5/h6-11H2,1-5H3. The summed E-state index contributed by atoms with van der Waals surface area (Å²) in [5, 5.41) is 0. The van der Waals surface area contributed by atoms with Crippen LogP contribution >= 0.6 is 53.5 Å². The van der Waals surface area contributed by atoms with Crippen molar-refractivity contribution in [2.24, 2.45) is 0 Å². The Bertz CT molecular complexity index is 283. The van der Waals surface area contributed by atoms with Gasteiger partial charge in [0.25, 0.3) is 0 Å². The summed E-state index contributed by atoms with van der Waals surface area (Å²) in [6.07, 6.45) is 1.03. The van der Waals surface area contributed by atoms with Crippen molar-refractivity contribution in [1.29, 1.82) is 0 Å². The number of thiocarbonyl (C=S) groups is 1. The molecule has 0 aliphatic carbocycles. The van der Waals surface area contributed by atoms with Gasteiger partial charge in [0.1, 0.15) is 4.32 Å². The molecule has 0 aliphatic heterocycles. The summed E-state index contributed by atoms with van der Waals surface area (Å²) < 4.78 is 18.4. The molecule has 0 saturated heterocycles. The highest BCUT2D eigenvalue weighted by atomic mass is 33.7. The maximum atomic E-state index is 5.84. The molecule has 10 heteroatoms. The molecule has 0 saturated carbocycles. The predicted molar refractivity (Wildman–Crippen MR) is 112 cm³/mol. The van der Waals surface area contributed by atoms with Gasteiger partial charge in [0.05, 0.1) is 0 Å². The van der Waals surface area contributed by atoms with Gasteiger partial charge < -0.3 is 18.2 Å². The van der Waals surface area contributed by atoms with Crippen LogP contribution in [-0.4, -0.2) is 57.7 Å². The number of hydrogen-bond donors (Lipinski definition) is 0. The van der Waals surface area contributed by atoms with Crippen molar-refractivity contribution in [3.63, 3.8) is 0 Å². The second-order valence-corrected chi connectivity index (χ2v) is 13.6. The first-order valence-electron chi connectivity index (χ1n) is 7.27. The smallest absolute Gasteiger partial charge is 0.374 e. The van der Waals surface area contributed by atoms with Crippen molar-refractivity contribution in [2.75, 3.05) is 39.7 Å². The second kappa shape index (κ2) is 14.7. The van der Waals surface area contributed by atoms with E-state index in [0.717, 1.165) is 22.5 Å². The molecule has 132 valence electrons. The third kappa shape index (κ3) is 11.0. The van der Waals surface area contributed by atoms with Crippen LogP contribution in [0.1, 0.15) is 27.2 Å². The lowest BCUT2D eigenvalue weighted by atomic mass is 10.6. The summed E-state index contributed by atoms with van der Waals surface area (Å²) in [4.78, 5) is 1.95. The van der Waals surface area contributed by atoms with E-state index in [4.69, 9.17) is 25.5 Å². The molecule has 0 radical (unpaired) electrons. The SMILES string of the molecule is CCO[Si](CCCSSSSC(=S)N(C)C)(OCC)OCC. The molecule has 0 aromatic carbocycles. The second-order valence-electron chi connectivity index (χ2n) is 4.29. The Morgan fingerprint density at radius 1 is 1.00 bits per heavy atom. The Kier molecular flexibility index (Phi) is 15.6. The first-order chi connectivity index (χ1) is 10.5. The summed E-state index contributed by atoms with van der Waals surface area (Å²) in [7, 11) is 8.41. The lowest BCUT2D eigenvalue weighted by Gasteiger charge is -2.28. The average Bonchev–Trinajstić information content (AvgIpc) is 2.46. The van der Waals surface area contributed by atoms with Crippen LogP contribution in [0.15, 0.2) is 0 Å². The van der Waals surface area contributed by atoms with Crippen LogP contribution in [0.5, 0.6) is 0 Å². The molecule has 0 atom stereocenters. The van der Waals surface area contributed by atoms with Crippen molar-refractivity contribution >= 4 is 66.6 Å². The van der Waals surface area contributed by atoms with Gasteiger partial charge in [0.2, 0.25) is 0 Å². The van der Waals surface area contributed by atoms with Gasteiger partial charge in [-0.05, 0) is 57.6 Å². The van der Waals surface area contributed by atoms with E-state index in [1.807, 2.05) is 50.6 Å². The summed E-state index contributed by atoms with van der Waals surface area (Å²) in [6, 6.07) is 0.879. The van der Waals surface area contributed by atoms with Crippen molar-refractivity contribution in [3.05, 3.63) is 0 Å². The van der Waals surface area contributed by atoms with Crippen LogP contribution in [0.2, 0.25) is 6.04 Å². The van der Waals surface area contributed by atoms with Crippen LogP contribution in [0.3, 0.4) is 0 Å². The lowest BCUT2D eigenvalue weighted by Crippen LogP contribution is -2.46. The fourth-order valence-electron chi connectivity index (χ4n) is 1.52. The summed E-state index contributed by atoms with van der Waals surface area (Å²) in [6.45, 7) is 7.90. The average molecular weight is 422 g/mol. The molecule has 22 heavy (non-hydrogen) atoms. The normalized spacial score (nSPS) is 11.7. The van der Waals surface area contributed by atoms with Gasteiger partial charge in [-0.25, -0.2) is 0 Å². The summed E-state index contributed by atoms with van der Waals surface area (Å²) >= 11 is 5.22. The molecule has 0 fully saturated rings. The largest absolute Gasteiger partial charge is 0.500 e. The molecular formula is C12H27NO3S5Si. The van der Waals surface area contributed by atoms with Crippen molar-refractivity contribution < 1.29 is 13.3 Å². The fourth-order valence-corrected chi connectivity index (χ4v) is 10.7. The minimum Gasteiger partial charge on any atom is -0.374 e. The molecule has 0 rings (SSSR count). The van der Waals surface area contributed by atoms with E-state index >= 15 is 0 Å². The number of nitrogens with zero attached hydrogens (tertiary/aromatic N) is 1. The number of hydrogen-bond acceptors (Lipinski definition) is 8. The Morgan fingerprint density at radius 3 is 2.00 bits per heavy atom. The third-order valence-corrected chi connectivity index (χ3v) is 12.7. The molecule has 0 spiro atoms. The molecule has 0 heterocycles. The maximum absolute atomic E-state index is 5.84. The van der Waals surface area contributed by atoms with Crippen LogP contribution in [-0.2, 0) is 13.3 Å². The van der Waals surface area contributed by atoms with E-state index in [-0.39, 0.29) is 0 Å². The minimum absolute atomic E-state index is 0.641. The molecule has 0 bridgehead atoms. The molecule has 0 aromatic heterocycles. The topological polar surface area (TPSA) is 30.9 Å². The molecule has 0 aliphatic rings.